The number of rotatable bonds is 3. The van der Waals surface area contributed by atoms with Gasteiger partial charge in [0.25, 0.3) is 0 Å². The van der Waals surface area contributed by atoms with Gasteiger partial charge in [-0.15, -0.1) is 0 Å². The molecule has 0 saturated carbocycles. The Kier molecular flexibility index (Phi) is 3.88. The summed E-state index contributed by atoms with van der Waals surface area (Å²) in [6.07, 6.45) is -4.38. The highest BCUT2D eigenvalue weighted by Crippen LogP contribution is 2.32. The highest BCUT2D eigenvalue weighted by molar-refractivity contribution is 5.97. The lowest BCUT2D eigenvalue weighted by Gasteiger charge is -2.12. The summed E-state index contributed by atoms with van der Waals surface area (Å²) in [5.74, 6) is 0.412. The monoisotopic (exact) mass is 294 g/mol. The Morgan fingerprint density at radius 3 is 2.24 bits per heavy atom. The van der Waals surface area contributed by atoms with Gasteiger partial charge in [0.05, 0.1) is 11.1 Å². The summed E-state index contributed by atoms with van der Waals surface area (Å²) in [6.45, 7) is 1.84. The van der Waals surface area contributed by atoms with E-state index in [4.69, 9.17) is 15.9 Å². The minimum absolute atomic E-state index is 0.170. The Labute approximate surface area is 119 Å². The molecular weight excluding hydrogens is 281 g/mol. The van der Waals surface area contributed by atoms with E-state index in [0.717, 1.165) is 17.7 Å². The van der Waals surface area contributed by atoms with Crippen molar-refractivity contribution in [2.75, 3.05) is 0 Å². The van der Waals surface area contributed by atoms with Gasteiger partial charge in [-0.2, -0.15) is 13.2 Å². The molecule has 0 spiro atoms. The molecule has 3 N–H and O–H groups in total. The Morgan fingerprint density at radius 2 is 1.71 bits per heavy atom. The van der Waals surface area contributed by atoms with E-state index < -0.39 is 11.7 Å². The molecule has 0 saturated heterocycles. The van der Waals surface area contributed by atoms with Gasteiger partial charge in [0.2, 0.25) is 0 Å². The fourth-order valence-corrected chi connectivity index (χ4v) is 1.78. The van der Waals surface area contributed by atoms with E-state index in [2.05, 4.69) is 0 Å². The third kappa shape index (κ3) is 3.53. The molecule has 110 valence electrons. The molecule has 0 heterocycles. The van der Waals surface area contributed by atoms with Gasteiger partial charge in [-0.25, -0.2) is 0 Å². The lowest BCUT2D eigenvalue weighted by Crippen LogP contribution is -2.12. The summed E-state index contributed by atoms with van der Waals surface area (Å²) in [6, 6.07) is 9.43. The number of nitrogens with two attached hydrogens (primary N) is 1. The molecule has 6 heteroatoms. The maximum Gasteiger partial charge on any atom is 0.416 e. The average molecular weight is 294 g/mol. The summed E-state index contributed by atoms with van der Waals surface area (Å²) >= 11 is 0. The van der Waals surface area contributed by atoms with Gasteiger partial charge >= 0.3 is 6.18 Å². The van der Waals surface area contributed by atoms with E-state index in [1.165, 1.54) is 12.1 Å². The fourth-order valence-electron chi connectivity index (χ4n) is 1.78. The van der Waals surface area contributed by atoms with Crippen LogP contribution in [-0.4, -0.2) is 5.84 Å². The number of amidine groups is 1. The molecule has 3 nitrogen and oxygen atoms in total. The van der Waals surface area contributed by atoms with Crippen molar-refractivity contribution in [3.63, 3.8) is 0 Å². The van der Waals surface area contributed by atoms with Crippen LogP contribution in [0.1, 0.15) is 16.7 Å². The summed E-state index contributed by atoms with van der Waals surface area (Å²) < 4.78 is 43.0. The molecule has 2 aromatic carbocycles. The first-order valence-corrected chi connectivity index (χ1v) is 6.07. The van der Waals surface area contributed by atoms with Crippen molar-refractivity contribution < 1.29 is 17.9 Å². The molecule has 2 aromatic rings. The number of hydrogen-bond acceptors (Lipinski definition) is 2. The van der Waals surface area contributed by atoms with Crippen LogP contribution < -0.4 is 10.5 Å². The summed E-state index contributed by atoms with van der Waals surface area (Å²) in [4.78, 5) is 0. The van der Waals surface area contributed by atoms with E-state index in [9.17, 15) is 13.2 Å². The maximum atomic E-state index is 12.5. The summed E-state index contributed by atoms with van der Waals surface area (Å²) in [5.41, 5.74) is 5.99. The molecule has 0 amide bonds. The SMILES string of the molecule is Cc1ccc(C(=N)N)c(Oc2ccc(C(F)(F)F)cc2)c1. The molecule has 21 heavy (non-hydrogen) atoms. The number of hydrogen-bond donors (Lipinski definition) is 2. The first-order valence-electron chi connectivity index (χ1n) is 6.07. The van der Waals surface area contributed by atoms with E-state index in [1.54, 1.807) is 18.2 Å². The molecule has 0 aliphatic carbocycles. The number of alkyl halides is 3. The Balaban J connectivity index is 2.30. The van der Waals surface area contributed by atoms with E-state index in [0.29, 0.717) is 11.3 Å². The second-order valence-electron chi connectivity index (χ2n) is 4.54. The first kappa shape index (κ1) is 14.9. The van der Waals surface area contributed by atoms with Crippen LogP contribution in [0.5, 0.6) is 11.5 Å². The number of ether oxygens (including phenoxy) is 1. The zero-order chi connectivity index (χ0) is 15.6. The molecule has 0 aliphatic heterocycles. The third-order valence-electron chi connectivity index (χ3n) is 2.84. The van der Waals surface area contributed by atoms with Crippen LogP contribution in [0, 0.1) is 12.3 Å². The highest BCUT2D eigenvalue weighted by atomic mass is 19.4. The Morgan fingerprint density at radius 1 is 1.10 bits per heavy atom. The highest BCUT2D eigenvalue weighted by Gasteiger charge is 2.30. The molecular formula is C15H13F3N2O. The van der Waals surface area contributed by atoms with Crippen LogP contribution in [0.4, 0.5) is 13.2 Å². The lowest BCUT2D eigenvalue weighted by molar-refractivity contribution is -0.137. The minimum atomic E-state index is -4.38. The van der Waals surface area contributed by atoms with Gasteiger partial charge in [-0.05, 0) is 48.9 Å². The number of halogens is 3. The molecule has 0 bridgehead atoms. The quantitative estimate of drug-likeness (QED) is 0.661. The van der Waals surface area contributed by atoms with E-state index in [-0.39, 0.29) is 11.6 Å². The second-order valence-corrected chi connectivity index (χ2v) is 4.54. The largest absolute Gasteiger partial charge is 0.457 e. The van der Waals surface area contributed by atoms with Crippen molar-refractivity contribution >= 4 is 5.84 Å². The van der Waals surface area contributed by atoms with Crippen molar-refractivity contribution in [2.24, 2.45) is 5.73 Å². The fraction of sp³-hybridized carbons (Fsp3) is 0.133. The summed E-state index contributed by atoms with van der Waals surface area (Å²) in [5, 5.41) is 7.48. The van der Waals surface area contributed by atoms with Crippen molar-refractivity contribution in [1.29, 1.82) is 5.41 Å². The van der Waals surface area contributed by atoms with Crippen LogP contribution in [0.25, 0.3) is 0 Å². The average Bonchev–Trinajstić information content (AvgIpc) is 2.38. The lowest BCUT2D eigenvalue weighted by atomic mass is 10.1. The van der Waals surface area contributed by atoms with Gasteiger partial charge < -0.3 is 10.5 Å². The van der Waals surface area contributed by atoms with E-state index in [1.807, 2.05) is 6.92 Å². The number of aryl methyl sites for hydroxylation is 1. The van der Waals surface area contributed by atoms with Gasteiger partial charge in [-0.3, -0.25) is 5.41 Å². The number of nitrogen functional groups attached to an aromatic ring is 1. The van der Waals surface area contributed by atoms with E-state index >= 15 is 0 Å². The van der Waals surface area contributed by atoms with Crippen LogP contribution in [0.3, 0.4) is 0 Å². The standard InChI is InChI=1S/C15H13F3N2O/c1-9-2-7-12(14(19)20)13(8-9)21-11-5-3-10(4-6-11)15(16,17)18/h2-8H,1H3,(H3,19,20). The Hall–Kier alpha value is -2.50. The predicted octanol–water partition coefficient (Wildman–Crippen LogP) is 4.09. The predicted molar refractivity (Wildman–Crippen MR) is 73.7 cm³/mol. The van der Waals surface area contributed by atoms with Crippen molar-refractivity contribution in [2.45, 2.75) is 13.1 Å². The molecule has 0 radical (unpaired) electrons. The van der Waals surface area contributed by atoms with Gasteiger partial charge in [-0.1, -0.05) is 6.07 Å². The molecule has 0 aliphatic rings. The molecule has 0 unspecified atom stereocenters. The van der Waals surface area contributed by atoms with Gasteiger partial charge in [0, 0.05) is 0 Å². The van der Waals surface area contributed by atoms with Crippen LogP contribution >= 0.6 is 0 Å². The molecule has 0 fully saturated rings. The molecule has 2 rings (SSSR count). The first-order chi connectivity index (χ1) is 9.77. The summed E-state index contributed by atoms with van der Waals surface area (Å²) in [7, 11) is 0. The maximum absolute atomic E-state index is 12.5. The normalized spacial score (nSPS) is 11.2. The third-order valence-corrected chi connectivity index (χ3v) is 2.84. The number of nitrogens with one attached hydrogen (secondary N) is 1. The second kappa shape index (κ2) is 5.47. The molecule has 0 atom stereocenters. The van der Waals surface area contributed by atoms with Gasteiger partial charge in [0.15, 0.2) is 0 Å². The van der Waals surface area contributed by atoms with Crippen molar-refractivity contribution in [3.8, 4) is 11.5 Å². The van der Waals surface area contributed by atoms with Crippen molar-refractivity contribution in [3.05, 3.63) is 59.2 Å². The topological polar surface area (TPSA) is 59.1 Å². The zero-order valence-electron chi connectivity index (χ0n) is 11.2. The minimum Gasteiger partial charge on any atom is -0.457 e. The van der Waals surface area contributed by atoms with Crippen molar-refractivity contribution in [1.82, 2.24) is 0 Å². The van der Waals surface area contributed by atoms with Crippen LogP contribution in [0.2, 0.25) is 0 Å². The Bertz CT molecular complexity index is 664. The smallest absolute Gasteiger partial charge is 0.416 e. The number of benzene rings is 2. The zero-order valence-corrected chi connectivity index (χ0v) is 11.2. The molecule has 0 aromatic heterocycles. The van der Waals surface area contributed by atoms with Crippen LogP contribution in [0.15, 0.2) is 42.5 Å². The van der Waals surface area contributed by atoms with Gasteiger partial charge in [0.1, 0.15) is 17.3 Å². The van der Waals surface area contributed by atoms with Crippen LogP contribution in [-0.2, 0) is 6.18 Å².